The van der Waals surface area contributed by atoms with E-state index in [0.717, 1.165) is 19.3 Å². The molecule has 2 aromatic carbocycles. The van der Waals surface area contributed by atoms with E-state index in [-0.39, 0.29) is 62.8 Å². The first-order valence-electron chi connectivity index (χ1n) is 8.12. The smallest absolute Gasteiger partial charge is 0.336 e. The van der Waals surface area contributed by atoms with Gasteiger partial charge in [-0.1, -0.05) is 55.1 Å². The zero-order chi connectivity index (χ0) is 20.8. The van der Waals surface area contributed by atoms with Gasteiger partial charge in [-0.05, 0) is 19.3 Å². The summed E-state index contributed by atoms with van der Waals surface area (Å²) < 4.78 is 9.08. The van der Waals surface area contributed by atoms with Crippen molar-refractivity contribution >= 4 is 17.7 Å². The third kappa shape index (κ3) is 9.72. The minimum atomic E-state index is -0.643. The van der Waals surface area contributed by atoms with Crippen molar-refractivity contribution in [2.75, 3.05) is 13.2 Å². The number of hydrogen-bond acceptors (Lipinski definition) is 7. The molecule has 2 aromatic rings. The number of rotatable bonds is 8. The molecule has 0 unspecified atom stereocenters. The molecule has 2 rings (SSSR count). The molecule has 0 aliphatic rings. The normalized spacial score (nSPS) is 9.17. The van der Waals surface area contributed by atoms with Gasteiger partial charge in [-0.15, -0.1) is 0 Å². The molecule has 0 saturated carbocycles. The monoisotopic (exact) mass is 473 g/mol. The second-order valence-corrected chi connectivity index (χ2v) is 5.04. The van der Waals surface area contributed by atoms with E-state index in [1.165, 1.54) is 6.07 Å². The molecule has 8 heteroatoms. The molecule has 151 valence electrons. The van der Waals surface area contributed by atoms with Crippen molar-refractivity contribution in [3.63, 3.8) is 0 Å². The molecule has 0 aliphatic heterocycles. The van der Waals surface area contributed by atoms with Gasteiger partial charge in [-0.2, -0.15) is 13.2 Å². The van der Waals surface area contributed by atoms with Crippen LogP contribution >= 0.6 is 0 Å². The second-order valence-electron chi connectivity index (χ2n) is 5.04. The minimum Gasteiger partial charge on any atom is -0.563 e. The van der Waals surface area contributed by atoms with Crippen LogP contribution in [-0.2, 0) is 47.0 Å². The van der Waals surface area contributed by atoms with E-state index in [0.29, 0.717) is 5.56 Å². The molecule has 1 radical (unpaired) electrons. The van der Waals surface area contributed by atoms with Crippen LogP contribution in [0.15, 0.2) is 67.3 Å². The van der Waals surface area contributed by atoms with E-state index >= 15 is 0 Å². The summed E-state index contributed by atoms with van der Waals surface area (Å²) in [5, 5.41) is 16.5. The van der Waals surface area contributed by atoms with Gasteiger partial charge < -0.3 is 19.7 Å². The molecular formula is C21H20O7Y-2. The Morgan fingerprint density at radius 2 is 1.38 bits per heavy atom. The van der Waals surface area contributed by atoms with Crippen LogP contribution < -0.4 is 0 Å². The van der Waals surface area contributed by atoms with E-state index in [4.69, 9.17) is 14.9 Å². The van der Waals surface area contributed by atoms with Crippen LogP contribution in [0.2, 0.25) is 0 Å². The van der Waals surface area contributed by atoms with Gasteiger partial charge in [0.05, 0.1) is 5.56 Å². The Hall–Kier alpha value is -2.19. The van der Waals surface area contributed by atoms with Gasteiger partial charge in [0.15, 0.2) is 5.78 Å². The number of carbonyl (C=O) groups is 3. The fourth-order valence-corrected chi connectivity index (χ4v) is 1.97. The van der Waals surface area contributed by atoms with Gasteiger partial charge in [-0.25, -0.2) is 9.59 Å². The summed E-state index contributed by atoms with van der Waals surface area (Å²) >= 11 is 0. The Bertz CT molecular complexity index is 791. The van der Waals surface area contributed by atoms with Crippen LogP contribution in [0.3, 0.4) is 0 Å². The van der Waals surface area contributed by atoms with E-state index in [9.17, 15) is 14.4 Å². The zero-order valence-corrected chi connectivity index (χ0v) is 18.4. The van der Waals surface area contributed by atoms with Gasteiger partial charge in [0.1, 0.15) is 0 Å². The third-order valence-corrected chi connectivity index (χ3v) is 3.18. The maximum absolute atomic E-state index is 12.4. The second kappa shape index (κ2) is 15.7. The number of hydrogen-bond donors (Lipinski definition) is 2. The molecule has 0 heterocycles. The van der Waals surface area contributed by atoms with Gasteiger partial charge in [0.2, 0.25) is 0 Å². The standard InChI is InChI=1S/C16H13O4.C5H7O3.Y/c17-10-11-20-16(19)14-9-5-4-8-13(14)15(18)12-6-2-1-3-7-12;1-2-5(7)8-4-3-6;/h1-10,17H,11H2;2-3,6H,1,4H2;/q2*-1;. The molecule has 7 nitrogen and oxygen atoms in total. The Morgan fingerprint density at radius 3 is 1.93 bits per heavy atom. The van der Waals surface area contributed by atoms with Gasteiger partial charge in [-0.3, -0.25) is 4.79 Å². The van der Waals surface area contributed by atoms with Crippen LogP contribution in [0, 0.1) is 13.2 Å². The fraction of sp³-hybridized carbons (Fsp3) is 0.0952. The SMILES string of the molecule is C=CC(=O)OC[CH-]O.O=C(OC[CH-]O)c1ccccc1C(=O)c1ccccc1.[Y]. The summed E-state index contributed by atoms with van der Waals surface area (Å²) in [5.74, 6) is -1.42. The van der Waals surface area contributed by atoms with Crippen LogP contribution in [-0.4, -0.2) is 41.1 Å². The third-order valence-electron chi connectivity index (χ3n) is 3.18. The Labute approximate surface area is 194 Å². The molecule has 0 aromatic heterocycles. The van der Waals surface area contributed by atoms with Crippen molar-refractivity contribution in [3.05, 3.63) is 97.2 Å². The summed E-state index contributed by atoms with van der Waals surface area (Å²) in [6, 6.07) is 15.1. The molecule has 0 fully saturated rings. The van der Waals surface area contributed by atoms with E-state index in [2.05, 4.69) is 11.3 Å². The number of ether oxygens (including phenoxy) is 2. The summed E-state index contributed by atoms with van der Waals surface area (Å²) in [6.45, 7) is 4.34. The average molecular weight is 473 g/mol. The Morgan fingerprint density at radius 1 is 0.862 bits per heavy atom. The predicted octanol–water partition coefficient (Wildman–Crippen LogP) is 2.86. The minimum absolute atomic E-state index is 0. The van der Waals surface area contributed by atoms with Crippen molar-refractivity contribution in [1.82, 2.24) is 0 Å². The van der Waals surface area contributed by atoms with Crippen molar-refractivity contribution in [1.29, 1.82) is 0 Å². The van der Waals surface area contributed by atoms with Crippen molar-refractivity contribution in [2.24, 2.45) is 0 Å². The topological polar surface area (TPSA) is 110 Å². The first-order valence-corrected chi connectivity index (χ1v) is 8.12. The van der Waals surface area contributed by atoms with E-state index in [1.807, 2.05) is 6.07 Å². The summed E-state index contributed by atoms with van der Waals surface area (Å²) in [5.41, 5.74) is 0.964. The number of aliphatic hydroxyl groups is 2. The van der Waals surface area contributed by atoms with Crippen molar-refractivity contribution < 1.29 is 66.8 Å². The molecule has 2 N–H and O–H groups in total. The number of carbonyl (C=O) groups excluding carboxylic acids is 3. The molecule has 0 spiro atoms. The molecule has 0 amide bonds. The Balaban J connectivity index is 0.000000747. The first kappa shape index (κ1) is 26.8. The van der Waals surface area contributed by atoms with Crippen LogP contribution in [0.25, 0.3) is 0 Å². The molecular weight excluding hydrogens is 453 g/mol. The van der Waals surface area contributed by atoms with E-state index < -0.39 is 11.9 Å². The van der Waals surface area contributed by atoms with Crippen LogP contribution in [0.5, 0.6) is 0 Å². The van der Waals surface area contributed by atoms with Crippen LogP contribution in [0.4, 0.5) is 0 Å². The average Bonchev–Trinajstić information content (AvgIpc) is 2.76. The van der Waals surface area contributed by atoms with Crippen LogP contribution in [0.1, 0.15) is 26.3 Å². The summed E-state index contributed by atoms with van der Waals surface area (Å²) in [7, 11) is 0. The molecule has 0 aliphatic carbocycles. The predicted molar refractivity (Wildman–Crippen MR) is 100 cm³/mol. The van der Waals surface area contributed by atoms with Crippen molar-refractivity contribution in [3.8, 4) is 0 Å². The number of esters is 2. The fourth-order valence-electron chi connectivity index (χ4n) is 1.97. The van der Waals surface area contributed by atoms with Gasteiger partial charge in [0, 0.05) is 49.9 Å². The summed E-state index contributed by atoms with van der Waals surface area (Å²) in [6.07, 6.45) is 1.03. The largest absolute Gasteiger partial charge is 0.563 e. The van der Waals surface area contributed by atoms with Crippen molar-refractivity contribution in [2.45, 2.75) is 0 Å². The maximum Gasteiger partial charge on any atom is 0.336 e. The molecule has 0 bridgehead atoms. The zero-order valence-electron chi connectivity index (χ0n) is 15.6. The Kier molecular flexibility index (Phi) is 14.5. The van der Waals surface area contributed by atoms with Gasteiger partial charge in [0.25, 0.3) is 0 Å². The van der Waals surface area contributed by atoms with E-state index in [1.54, 1.807) is 42.5 Å². The first-order chi connectivity index (χ1) is 13.5. The molecule has 0 saturated heterocycles. The molecule has 29 heavy (non-hydrogen) atoms. The quantitative estimate of drug-likeness (QED) is 0.263. The number of ketones is 1. The summed E-state index contributed by atoms with van der Waals surface area (Å²) in [4.78, 5) is 34.3. The van der Waals surface area contributed by atoms with Gasteiger partial charge >= 0.3 is 11.9 Å². The number of aliphatic hydroxyl groups excluding tert-OH is 2. The molecule has 0 atom stereocenters. The number of benzene rings is 2. The maximum atomic E-state index is 12.4.